The van der Waals surface area contributed by atoms with Crippen LogP contribution in [0.15, 0.2) is 0 Å². The van der Waals surface area contributed by atoms with Crippen molar-refractivity contribution in [2.45, 2.75) is 18.4 Å². The molecular weight excluding hydrogens is 142 g/mol. The molecule has 1 saturated heterocycles. The van der Waals surface area contributed by atoms with Crippen molar-refractivity contribution in [1.29, 1.82) is 0 Å². The molecule has 0 aromatic rings. The molecule has 1 aliphatic carbocycles. The van der Waals surface area contributed by atoms with Gasteiger partial charge in [0.05, 0.1) is 12.2 Å². The fourth-order valence-corrected chi connectivity index (χ4v) is 2.45. The van der Waals surface area contributed by atoms with Gasteiger partial charge in [0.1, 0.15) is 0 Å². The third-order valence-corrected chi connectivity index (χ3v) is 3.06. The van der Waals surface area contributed by atoms with Gasteiger partial charge in [-0.25, -0.2) is 0 Å². The van der Waals surface area contributed by atoms with Crippen LogP contribution in [0.5, 0.6) is 0 Å². The Balaban J connectivity index is 2.04. The number of fused-ring (bicyclic) bond motifs is 1. The molecule has 2 unspecified atom stereocenters. The number of hydrogen-bond acceptors (Lipinski definition) is 3. The van der Waals surface area contributed by atoms with Gasteiger partial charge in [-0.3, -0.25) is 0 Å². The lowest BCUT2D eigenvalue weighted by Crippen LogP contribution is -2.32. The summed E-state index contributed by atoms with van der Waals surface area (Å²) >= 11 is 0. The summed E-state index contributed by atoms with van der Waals surface area (Å²) in [6.07, 6.45) is 1.56. The van der Waals surface area contributed by atoms with Crippen LogP contribution < -0.4 is 5.32 Å². The Morgan fingerprint density at radius 3 is 2.27 bits per heavy atom. The SMILES string of the molecule is OCC1(O)CC2CNCC2C1. The lowest BCUT2D eigenvalue weighted by atomic mass is 10.0. The van der Waals surface area contributed by atoms with Crippen molar-refractivity contribution in [3.05, 3.63) is 0 Å². The van der Waals surface area contributed by atoms with E-state index in [9.17, 15) is 5.11 Å². The highest BCUT2D eigenvalue weighted by molar-refractivity contribution is 4.98. The molecule has 2 atom stereocenters. The first-order valence-electron chi connectivity index (χ1n) is 4.27. The first kappa shape index (κ1) is 7.53. The molecule has 2 fully saturated rings. The van der Waals surface area contributed by atoms with Crippen LogP contribution in [0.4, 0.5) is 0 Å². The van der Waals surface area contributed by atoms with Crippen molar-refractivity contribution in [2.75, 3.05) is 19.7 Å². The molecule has 0 radical (unpaired) electrons. The van der Waals surface area contributed by atoms with Crippen LogP contribution in [0, 0.1) is 11.8 Å². The largest absolute Gasteiger partial charge is 0.393 e. The zero-order valence-electron chi connectivity index (χ0n) is 6.58. The molecule has 0 aromatic heterocycles. The smallest absolute Gasteiger partial charge is 0.0883 e. The summed E-state index contributed by atoms with van der Waals surface area (Å²) in [6, 6.07) is 0. The van der Waals surface area contributed by atoms with Gasteiger partial charge in [0.15, 0.2) is 0 Å². The van der Waals surface area contributed by atoms with Gasteiger partial charge in [0, 0.05) is 0 Å². The molecule has 1 heterocycles. The maximum Gasteiger partial charge on any atom is 0.0883 e. The molecule has 3 nitrogen and oxygen atoms in total. The lowest BCUT2D eigenvalue weighted by molar-refractivity contribution is -0.0143. The van der Waals surface area contributed by atoms with Crippen molar-refractivity contribution < 1.29 is 10.2 Å². The summed E-state index contributed by atoms with van der Waals surface area (Å²) in [7, 11) is 0. The fourth-order valence-electron chi connectivity index (χ4n) is 2.45. The molecule has 3 heteroatoms. The summed E-state index contributed by atoms with van der Waals surface area (Å²) in [5, 5.41) is 21.9. The number of nitrogens with one attached hydrogen (secondary N) is 1. The van der Waals surface area contributed by atoms with E-state index in [0.717, 1.165) is 25.9 Å². The second kappa shape index (κ2) is 2.44. The molecule has 1 saturated carbocycles. The van der Waals surface area contributed by atoms with E-state index < -0.39 is 5.60 Å². The molecule has 2 aliphatic rings. The third kappa shape index (κ3) is 1.17. The average molecular weight is 157 g/mol. The van der Waals surface area contributed by atoms with E-state index >= 15 is 0 Å². The zero-order valence-corrected chi connectivity index (χ0v) is 6.58. The van der Waals surface area contributed by atoms with E-state index in [1.54, 1.807) is 0 Å². The van der Waals surface area contributed by atoms with E-state index in [1.807, 2.05) is 0 Å². The molecule has 2 rings (SSSR count). The van der Waals surface area contributed by atoms with Gasteiger partial charge in [0.25, 0.3) is 0 Å². The molecule has 0 aromatic carbocycles. The molecule has 3 N–H and O–H groups in total. The number of rotatable bonds is 1. The highest BCUT2D eigenvalue weighted by Crippen LogP contribution is 2.40. The summed E-state index contributed by atoms with van der Waals surface area (Å²) in [5.41, 5.74) is -0.753. The number of aliphatic hydroxyl groups is 2. The van der Waals surface area contributed by atoms with Crippen LogP contribution in [0.2, 0.25) is 0 Å². The topological polar surface area (TPSA) is 52.5 Å². The summed E-state index contributed by atoms with van der Waals surface area (Å²) in [5.74, 6) is 1.21. The Kier molecular flexibility index (Phi) is 1.67. The first-order chi connectivity index (χ1) is 5.23. The molecule has 11 heavy (non-hydrogen) atoms. The van der Waals surface area contributed by atoms with Crippen LogP contribution >= 0.6 is 0 Å². The quantitative estimate of drug-likeness (QED) is 0.473. The Hall–Kier alpha value is -0.120. The van der Waals surface area contributed by atoms with Gasteiger partial charge in [0.2, 0.25) is 0 Å². The monoisotopic (exact) mass is 157 g/mol. The minimum absolute atomic E-state index is 0.0694. The van der Waals surface area contributed by atoms with Crippen LogP contribution in [-0.2, 0) is 0 Å². The van der Waals surface area contributed by atoms with Gasteiger partial charge in [-0.15, -0.1) is 0 Å². The maximum absolute atomic E-state index is 9.73. The van der Waals surface area contributed by atoms with Crippen molar-refractivity contribution >= 4 is 0 Å². The normalized spacial score (nSPS) is 49.6. The third-order valence-electron chi connectivity index (χ3n) is 3.06. The highest BCUT2D eigenvalue weighted by Gasteiger charge is 2.45. The molecular formula is C8H15NO2. The second-order valence-electron chi connectivity index (χ2n) is 3.97. The fraction of sp³-hybridized carbons (Fsp3) is 1.00. The van der Waals surface area contributed by atoms with Crippen molar-refractivity contribution in [2.24, 2.45) is 11.8 Å². The molecule has 0 amide bonds. The molecule has 0 spiro atoms. The van der Waals surface area contributed by atoms with E-state index in [4.69, 9.17) is 5.11 Å². The lowest BCUT2D eigenvalue weighted by Gasteiger charge is -2.19. The Morgan fingerprint density at radius 2 is 1.82 bits per heavy atom. The van der Waals surface area contributed by atoms with Gasteiger partial charge in [-0.05, 0) is 37.8 Å². The van der Waals surface area contributed by atoms with Crippen LogP contribution in [0.25, 0.3) is 0 Å². The first-order valence-corrected chi connectivity index (χ1v) is 4.27. The highest BCUT2D eigenvalue weighted by atomic mass is 16.3. The molecule has 1 aliphatic heterocycles. The number of aliphatic hydroxyl groups excluding tert-OH is 1. The predicted molar refractivity (Wildman–Crippen MR) is 41.1 cm³/mol. The van der Waals surface area contributed by atoms with Crippen molar-refractivity contribution in [3.63, 3.8) is 0 Å². The van der Waals surface area contributed by atoms with Crippen LogP contribution in [0.3, 0.4) is 0 Å². The van der Waals surface area contributed by atoms with Gasteiger partial charge in [-0.1, -0.05) is 0 Å². The Labute approximate surface area is 66.4 Å². The van der Waals surface area contributed by atoms with Gasteiger partial charge in [-0.2, -0.15) is 0 Å². The minimum atomic E-state index is -0.753. The van der Waals surface area contributed by atoms with Crippen LogP contribution in [0.1, 0.15) is 12.8 Å². The van der Waals surface area contributed by atoms with E-state index in [-0.39, 0.29) is 6.61 Å². The molecule has 64 valence electrons. The van der Waals surface area contributed by atoms with Crippen molar-refractivity contribution in [1.82, 2.24) is 5.32 Å². The van der Waals surface area contributed by atoms with E-state index in [2.05, 4.69) is 5.32 Å². The van der Waals surface area contributed by atoms with Crippen LogP contribution in [-0.4, -0.2) is 35.5 Å². The second-order valence-corrected chi connectivity index (χ2v) is 3.97. The summed E-state index contributed by atoms with van der Waals surface area (Å²) in [4.78, 5) is 0. The average Bonchev–Trinajstić information content (AvgIpc) is 2.46. The van der Waals surface area contributed by atoms with Gasteiger partial charge >= 0.3 is 0 Å². The standard InChI is InChI=1S/C8H15NO2/c10-5-8(11)1-6-3-9-4-7(6)2-8/h6-7,9-11H,1-5H2. The minimum Gasteiger partial charge on any atom is -0.393 e. The Bertz CT molecular complexity index is 148. The Morgan fingerprint density at radius 1 is 1.27 bits per heavy atom. The summed E-state index contributed by atoms with van der Waals surface area (Å²) < 4.78 is 0. The maximum atomic E-state index is 9.73. The van der Waals surface area contributed by atoms with E-state index in [0.29, 0.717) is 11.8 Å². The molecule has 0 bridgehead atoms. The predicted octanol–water partition coefficient (Wildman–Crippen LogP) is -0.661. The van der Waals surface area contributed by atoms with Crippen molar-refractivity contribution in [3.8, 4) is 0 Å². The van der Waals surface area contributed by atoms with E-state index in [1.165, 1.54) is 0 Å². The summed E-state index contributed by atoms with van der Waals surface area (Å²) in [6.45, 7) is 1.97. The van der Waals surface area contributed by atoms with Gasteiger partial charge < -0.3 is 15.5 Å². The number of hydrogen-bond donors (Lipinski definition) is 3. The zero-order chi connectivity index (χ0) is 7.90.